The molecule has 21 heavy (non-hydrogen) atoms. The molecular weight excluding hydrogens is 366 g/mol. The van der Waals surface area contributed by atoms with Crippen molar-refractivity contribution in [1.82, 2.24) is 0 Å². The normalized spacial score (nSPS) is 11.4. The molecule has 8 heteroatoms. The number of halogens is 3. The van der Waals surface area contributed by atoms with Gasteiger partial charge in [-0.3, -0.25) is 4.72 Å². The molecule has 0 aromatic heterocycles. The van der Waals surface area contributed by atoms with E-state index in [9.17, 15) is 17.2 Å². The first kappa shape index (κ1) is 15.7. The largest absolute Gasteiger partial charge is 0.399 e. The van der Waals surface area contributed by atoms with Crippen molar-refractivity contribution < 1.29 is 17.2 Å². The molecule has 0 radical (unpaired) electrons. The lowest BCUT2D eigenvalue weighted by molar-refractivity contribution is 0.566. The van der Waals surface area contributed by atoms with Gasteiger partial charge in [-0.2, -0.15) is 0 Å². The van der Waals surface area contributed by atoms with E-state index in [4.69, 9.17) is 5.73 Å². The maximum Gasteiger partial charge on any atom is 0.264 e. The Labute approximate surface area is 129 Å². The first-order chi connectivity index (χ1) is 9.72. The van der Waals surface area contributed by atoms with E-state index in [0.29, 0.717) is 0 Å². The quantitative estimate of drug-likeness (QED) is 0.806. The molecule has 0 saturated carbocycles. The molecule has 0 unspecified atom stereocenters. The summed E-state index contributed by atoms with van der Waals surface area (Å²) in [6, 6.07) is 6.19. The van der Waals surface area contributed by atoms with Gasteiger partial charge in [0.2, 0.25) is 0 Å². The SMILES string of the molecule is Cc1c(F)cccc1NS(=O)(=O)c1cc(N)cc(Br)c1F. The van der Waals surface area contributed by atoms with Crippen molar-refractivity contribution in [1.29, 1.82) is 0 Å². The molecule has 2 aromatic rings. The lowest BCUT2D eigenvalue weighted by Gasteiger charge is -2.12. The molecule has 0 aliphatic rings. The summed E-state index contributed by atoms with van der Waals surface area (Å²) in [7, 11) is -4.23. The van der Waals surface area contributed by atoms with Crippen LogP contribution < -0.4 is 10.5 Å². The number of benzene rings is 2. The Kier molecular flexibility index (Phi) is 4.20. The van der Waals surface area contributed by atoms with Gasteiger partial charge >= 0.3 is 0 Å². The first-order valence-corrected chi connectivity index (χ1v) is 8.02. The minimum Gasteiger partial charge on any atom is -0.399 e. The lowest BCUT2D eigenvalue weighted by Crippen LogP contribution is -2.16. The van der Waals surface area contributed by atoms with Crippen molar-refractivity contribution in [2.24, 2.45) is 0 Å². The van der Waals surface area contributed by atoms with Crippen molar-refractivity contribution in [3.05, 3.63) is 52.0 Å². The second-order valence-corrected chi connectivity index (χ2v) is 6.84. The van der Waals surface area contributed by atoms with E-state index in [1.54, 1.807) is 0 Å². The molecule has 0 amide bonds. The van der Waals surface area contributed by atoms with Crippen molar-refractivity contribution >= 4 is 37.3 Å². The van der Waals surface area contributed by atoms with Crippen LogP contribution in [-0.2, 0) is 10.0 Å². The molecular formula is C13H11BrF2N2O2S. The fourth-order valence-electron chi connectivity index (χ4n) is 1.70. The van der Waals surface area contributed by atoms with Crippen LogP contribution in [0.2, 0.25) is 0 Å². The van der Waals surface area contributed by atoms with Crippen LogP contribution in [0.15, 0.2) is 39.7 Å². The molecule has 0 aliphatic carbocycles. The number of nitrogens with one attached hydrogen (secondary N) is 1. The van der Waals surface area contributed by atoms with Gasteiger partial charge in [0.1, 0.15) is 10.7 Å². The van der Waals surface area contributed by atoms with Crippen molar-refractivity contribution in [2.45, 2.75) is 11.8 Å². The zero-order valence-corrected chi connectivity index (χ0v) is 13.2. The molecule has 3 N–H and O–H groups in total. The van der Waals surface area contributed by atoms with Gasteiger partial charge in [0.15, 0.2) is 5.82 Å². The number of rotatable bonds is 3. The topological polar surface area (TPSA) is 72.2 Å². The number of anilines is 2. The van der Waals surface area contributed by atoms with E-state index >= 15 is 0 Å². The molecule has 0 heterocycles. The molecule has 0 saturated heterocycles. The van der Waals surface area contributed by atoms with Gasteiger partial charge in [-0.05, 0) is 47.1 Å². The van der Waals surface area contributed by atoms with Gasteiger partial charge in [-0.15, -0.1) is 0 Å². The highest BCUT2D eigenvalue weighted by Crippen LogP contribution is 2.28. The van der Waals surface area contributed by atoms with Gasteiger partial charge in [0.05, 0.1) is 10.2 Å². The standard InChI is InChI=1S/C13H11BrF2N2O2S/c1-7-10(15)3-2-4-11(7)18-21(19,20)12-6-8(17)5-9(14)13(12)16/h2-6,18H,17H2,1H3. The Morgan fingerprint density at radius 1 is 1.24 bits per heavy atom. The third kappa shape index (κ3) is 3.16. The molecule has 0 bridgehead atoms. The highest BCUT2D eigenvalue weighted by Gasteiger charge is 2.23. The first-order valence-electron chi connectivity index (χ1n) is 5.75. The third-order valence-corrected chi connectivity index (χ3v) is 4.76. The van der Waals surface area contributed by atoms with Gasteiger partial charge in [0, 0.05) is 11.3 Å². The number of nitrogen functional groups attached to an aromatic ring is 1. The monoisotopic (exact) mass is 376 g/mol. The molecule has 0 aliphatic heterocycles. The van der Waals surface area contributed by atoms with Crippen LogP contribution in [0, 0.1) is 18.6 Å². The average Bonchev–Trinajstić information content (AvgIpc) is 2.39. The van der Waals surface area contributed by atoms with Gasteiger partial charge in [0.25, 0.3) is 10.0 Å². The maximum atomic E-state index is 14.0. The second kappa shape index (κ2) is 5.61. The molecule has 0 fully saturated rings. The third-order valence-electron chi connectivity index (χ3n) is 2.82. The number of nitrogens with two attached hydrogens (primary N) is 1. The minimum atomic E-state index is -4.23. The Morgan fingerprint density at radius 3 is 2.57 bits per heavy atom. The summed E-state index contributed by atoms with van der Waals surface area (Å²) in [5.41, 5.74) is 5.76. The van der Waals surface area contributed by atoms with Crippen LogP contribution in [0.25, 0.3) is 0 Å². The Hall–Kier alpha value is -1.67. The highest BCUT2D eigenvalue weighted by atomic mass is 79.9. The van der Waals surface area contributed by atoms with Gasteiger partial charge in [-0.25, -0.2) is 17.2 Å². The van der Waals surface area contributed by atoms with Crippen LogP contribution in [0.4, 0.5) is 20.2 Å². The average molecular weight is 377 g/mol. The van der Waals surface area contributed by atoms with Crippen molar-refractivity contribution in [3.63, 3.8) is 0 Å². The fourth-order valence-corrected chi connectivity index (χ4v) is 3.56. The van der Waals surface area contributed by atoms with Crippen LogP contribution in [0.3, 0.4) is 0 Å². The molecule has 2 rings (SSSR count). The molecule has 112 valence electrons. The zero-order valence-electron chi connectivity index (χ0n) is 10.8. The summed E-state index contributed by atoms with van der Waals surface area (Å²) in [6.07, 6.45) is 0. The number of sulfonamides is 1. The van der Waals surface area contributed by atoms with E-state index in [0.717, 1.165) is 6.07 Å². The minimum absolute atomic E-state index is 0.0351. The number of hydrogen-bond acceptors (Lipinski definition) is 3. The van der Waals surface area contributed by atoms with Crippen LogP contribution in [0.5, 0.6) is 0 Å². The van der Waals surface area contributed by atoms with E-state index < -0.39 is 26.6 Å². The van der Waals surface area contributed by atoms with Gasteiger partial charge < -0.3 is 5.73 Å². The number of hydrogen-bond donors (Lipinski definition) is 2. The second-order valence-electron chi connectivity index (χ2n) is 4.33. The maximum absolute atomic E-state index is 14.0. The van der Waals surface area contributed by atoms with Crippen LogP contribution in [0.1, 0.15) is 5.56 Å². The van der Waals surface area contributed by atoms with E-state index in [1.807, 2.05) is 0 Å². The van der Waals surface area contributed by atoms with Crippen LogP contribution in [-0.4, -0.2) is 8.42 Å². The fraction of sp³-hybridized carbons (Fsp3) is 0.0769. The smallest absolute Gasteiger partial charge is 0.264 e. The Balaban J connectivity index is 2.51. The summed E-state index contributed by atoms with van der Waals surface area (Å²) in [4.78, 5) is -0.613. The van der Waals surface area contributed by atoms with Crippen molar-refractivity contribution in [3.8, 4) is 0 Å². The highest BCUT2D eigenvalue weighted by molar-refractivity contribution is 9.10. The summed E-state index contributed by atoms with van der Waals surface area (Å²) in [6.45, 7) is 1.42. The molecule has 4 nitrogen and oxygen atoms in total. The predicted molar refractivity (Wildman–Crippen MR) is 80.5 cm³/mol. The summed E-state index contributed by atoms with van der Waals surface area (Å²) < 4.78 is 54.0. The van der Waals surface area contributed by atoms with Gasteiger partial charge in [-0.1, -0.05) is 6.07 Å². The van der Waals surface area contributed by atoms with Crippen molar-refractivity contribution in [2.75, 3.05) is 10.5 Å². The van der Waals surface area contributed by atoms with E-state index in [1.165, 1.54) is 31.2 Å². The van der Waals surface area contributed by atoms with Crippen LogP contribution >= 0.6 is 15.9 Å². The van der Waals surface area contributed by atoms with E-state index in [2.05, 4.69) is 20.7 Å². The molecule has 0 spiro atoms. The predicted octanol–water partition coefficient (Wildman–Crippen LogP) is 3.42. The summed E-state index contributed by atoms with van der Waals surface area (Å²) in [5, 5.41) is 0. The lowest BCUT2D eigenvalue weighted by atomic mass is 10.2. The summed E-state index contributed by atoms with van der Waals surface area (Å²) in [5.74, 6) is -1.53. The molecule has 0 atom stereocenters. The summed E-state index contributed by atoms with van der Waals surface area (Å²) >= 11 is 2.89. The molecule has 2 aromatic carbocycles. The Morgan fingerprint density at radius 2 is 1.90 bits per heavy atom. The Bertz CT molecular complexity index is 810. The van der Waals surface area contributed by atoms with E-state index in [-0.39, 0.29) is 21.4 Å². The zero-order chi connectivity index (χ0) is 15.8.